The predicted molar refractivity (Wildman–Crippen MR) is 87.8 cm³/mol. The second-order valence-corrected chi connectivity index (χ2v) is 5.94. The van der Waals surface area contributed by atoms with E-state index in [2.05, 4.69) is 15.9 Å². The van der Waals surface area contributed by atoms with E-state index >= 15 is 0 Å². The van der Waals surface area contributed by atoms with Gasteiger partial charge in [-0.05, 0) is 47.0 Å². The highest BCUT2D eigenvalue weighted by atomic mass is 79.9. The average molecular weight is 379 g/mol. The van der Waals surface area contributed by atoms with E-state index < -0.39 is 0 Å². The Bertz CT molecular complexity index is 466. The number of carbonyl (C=O) groups excluding carboxylic acids is 1. The molecule has 118 valence electrons. The van der Waals surface area contributed by atoms with Crippen LogP contribution in [0.1, 0.15) is 26.7 Å². The molecular formula is C15H21BrClNO3. The minimum Gasteiger partial charge on any atom is -0.483 e. The first-order valence-electron chi connectivity index (χ1n) is 7.01. The summed E-state index contributed by atoms with van der Waals surface area (Å²) in [5.74, 6) is 0.445. The van der Waals surface area contributed by atoms with E-state index in [1.165, 1.54) is 0 Å². The number of nitrogens with zero attached hydrogens (tertiary/aromatic N) is 1. The highest BCUT2D eigenvalue weighted by Crippen LogP contribution is 2.28. The Kier molecular flexibility index (Phi) is 8.07. The van der Waals surface area contributed by atoms with E-state index in [1.54, 1.807) is 23.1 Å². The minimum atomic E-state index is -0.125. The summed E-state index contributed by atoms with van der Waals surface area (Å²) in [5.41, 5.74) is 0. The van der Waals surface area contributed by atoms with Crippen LogP contribution in [0.2, 0.25) is 5.02 Å². The highest BCUT2D eigenvalue weighted by molar-refractivity contribution is 9.10. The first kappa shape index (κ1) is 18.3. The fourth-order valence-electron chi connectivity index (χ4n) is 2.16. The number of halogens is 2. The third-order valence-corrected chi connectivity index (χ3v) is 4.14. The van der Waals surface area contributed by atoms with E-state index in [4.69, 9.17) is 21.4 Å². The zero-order valence-corrected chi connectivity index (χ0v) is 14.7. The van der Waals surface area contributed by atoms with Crippen molar-refractivity contribution in [3.8, 4) is 5.75 Å². The minimum absolute atomic E-state index is 0.0487. The number of benzene rings is 1. The molecule has 0 aliphatic carbocycles. The number of amides is 1. The molecule has 0 heterocycles. The highest BCUT2D eigenvalue weighted by Gasteiger charge is 2.21. The summed E-state index contributed by atoms with van der Waals surface area (Å²) in [4.78, 5) is 14.0. The molecule has 1 rings (SSSR count). The van der Waals surface area contributed by atoms with Crippen molar-refractivity contribution < 1.29 is 14.6 Å². The zero-order valence-electron chi connectivity index (χ0n) is 12.3. The van der Waals surface area contributed by atoms with E-state index in [0.717, 1.165) is 12.8 Å². The first-order chi connectivity index (χ1) is 10.0. The number of rotatable bonds is 8. The van der Waals surface area contributed by atoms with Gasteiger partial charge in [0.2, 0.25) is 0 Å². The van der Waals surface area contributed by atoms with E-state index in [1.807, 2.05) is 13.8 Å². The van der Waals surface area contributed by atoms with Gasteiger partial charge >= 0.3 is 0 Å². The summed E-state index contributed by atoms with van der Waals surface area (Å²) < 4.78 is 6.25. The molecule has 0 atom stereocenters. The lowest BCUT2D eigenvalue weighted by Crippen LogP contribution is -2.44. The van der Waals surface area contributed by atoms with Crippen molar-refractivity contribution in [3.05, 3.63) is 27.7 Å². The molecule has 0 aliphatic rings. The van der Waals surface area contributed by atoms with Crippen LogP contribution in [0.3, 0.4) is 0 Å². The number of ether oxygens (including phenoxy) is 1. The Morgan fingerprint density at radius 1 is 1.43 bits per heavy atom. The predicted octanol–water partition coefficient (Wildman–Crippen LogP) is 3.49. The fourth-order valence-corrected chi connectivity index (χ4v) is 2.96. The van der Waals surface area contributed by atoms with Crippen LogP contribution < -0.4 is 4.74 Å². The Labute approximate surface area is 139 Å². The number of aliphatic hydroxyl groups excluding tert-OH is 1. The summed E-state index contributed by atoms with van der Waals surface area (Å²) in [6.07, 6.45) is 1.71. The van der Waals surface area contributed by atoms with Crippen molar-refractivity contribution >= 4 is 33.4 Å². The standard InChI is InChI=1S/C15H21BrClNO3/c1-3-12(4-2)18(7-8-19)15(20)10-21-14-6-5-11(17)9-13(14)16/h5-6,9,12,19H,3-4,7-8,10H2,1-2H3. The van der Waals surface area contributed by atoms with E-state index in [-0.39, 0.29) is 25.2 Å². The smallest absolute Gasteiger partial charge is 0.260 e. The van der Waals surface area contributed by atoms with Crippen LogP contribution in [-0.2, 0) is 4.79 Å². The van der Waals surface area contributed by atoms with Crippen LogP contribution in [0.5, 0.6) is 5.75 Å². The molecule has 0 bridgehead atoms. The largest absolute Gasteiger partial charge is 0.483 e. The lowest BCUT2D eigenvalue weighted by Gasteiger charge is -2.30. The molecule has 21 heavy (non-hydrogen) atoms. The maximum absolute atomic E-state index is 12.3. The van der Waals surface area contributed by atoms with Gasteiger partial charge in [0.25, 0.3) is 5.91 Å². The molecule has 0 saturated carbocycles. The molecule has 0 aromatic heterocycles. The Morgan fingerprint density at radius 2 is 2.10 bits per heavy atom. The van der Waals surface area contributed by atoms with Crippen LogP contribution in [-0.4, -0.2) is 41.7 Å². The number of hydrogen-bond donors (Lipinski definition) is 1. The zero-order chi connectivity index (χ0) is 15.8. The SMILES string of the molecule is CCC(CC)N(CCO)C(=O)COc1ccc(Cl)cc1Br. The summed E-state index contributed by atoms with van der Waals surface area (Å²) in [6.45, 7) is 4.28. The Hall–Kier alpha value is -0.780. The van der Waals surface area contributed by atoms with Crippen LogP contribution >= 0.6 is 27.5 Å². The maximum atomic E-state index is 12.3. The molecule has 1 N–H and O–H groups in total. The van der Waals surface area contributed by atoms with Crippen molar-refractivity contribution in [1.29, 1.82) is 0 Å². The third kappa shape index (κ3) is 5.49. The van der Waals surface area contributed by atoms with Crippen molar-refractivity contribution in [2.75, 3.05) is 19.8 Å². The quantitative estimate of drug-likeness (QED) is 0.753. The van der Waals surface area contributed by atoms with Gasteiger partial charge in [-0.15, -0.1) is 0 Å². The van der Waals surface area contributed by atoms with Crippen LogP contribution in [0.4, 0.5) is 0 Å². The topological polar surface area (TPSA) is 49.8 Å². The second kappa shape index (κ2) is 9.28. The second-order valence-electron chi connectivity index (χ2n) is 4.64. The van der Waals surface area contributed by atoms with Gasteiger partial charge in [-0.1, -0.05) is 25.4 Å². The summed E-state index contributed by atoms with van der Waals surface area (Å²) >= 11 is 9.21. The molecular weight excluding hydrogens is 358 g/mol. The van der Waals surface area contributed by atoms with Crippen LogP contribution in [0.25, 0.3) is 0 Å². The lowest BCUT2D eigenvalue weighted by atomic mass is 10.1. The molecule has 1 amide bonds. The van der Waals surface area contributed by atoms with Gasteiger partial charge in [0, 0.05) is 17.6 Å². The molecule has 0 spiro atoms. The van der Waals surface area contributed by atoms with Crippen LogP contribution in [0, 0.1) is 0 Å². The van der Waals surface area contributed by atoms with Crippen molar-refractivity contribution in [2.45, 2.75) is 32.7 Å². The molecule has 4 nitrogen and oxygen atoms in total. The van der Waals surface area contributed by atoms with Gasteiger partial charge in [-0.3, -0.25) is 4.79 Å². The fraction of sp³-hybridized carbons (Fsp3) is 0.533. The van der Waals surface area contributed by atoms with Gasteiger partial charge in [0.15, 0.2) is 6.61 Å². The van der Waals surface area contributed by atoms with E-state index in [0.29, 0.717) is 21.8 Å². The monoisotopic (exact) mass is 377 g/mol. The normalized spacial score (nSPS) is 10.8. The van der Waals surface area contributed by atoms with Crippen LogP contribution in [0.15, 0.2) is 22.7 Å². The van der Waals surface area contributed by atoms with Gasteiger partial charge < -0.3 is 14.7 Å². The Balaban J connectivity index is 2.68. The number of aliphatic hydroxyl groups is 1. The molecule has 0 saturated heterocycles. The van der Waals surface area contributed by atoms with Gasteiger partial charge in [-0.25, -0.2) is 0 Å². The van der Waals surface area contributed by atoms with Crippen molar-refractivity contribution in [1.82, 2.24) is 4.90 Å². The summed E-state index contributed by atoms with van der Waals surface area (Å²) in [5, 5.41) is 9.73. The molecule has 0 unspecified atom stereocenters. The molecule has 0 fully saturated rings. The molecule has 1 aromatic rings. The number of carbonyl (C=O) groups is 1. The van der Waals surface area contributed by atoms with Gasteiger partial charge in [0.1, 0.15) is 5.75 Å². The molecule has 0 radical (unpaired) electrons. The summed E-state index contributed by atoms with van der Waals surface area (Å²) in [7, 11) is 0. The average Bonchev–Trinajstić information content (AvgIpc) is 2.46. The van der Waals surface area contributed by atoms with Crippen molar-refractivity contribution in [2.24, 2.45) is 0 Å². The van der Waals surface area contributed by atoms with E-state index in [9.17, 15) is 4.79 Å². The maximum Gasteiger partial charge on any atom is 0.260 e. The molecule has 0 aliphatic heterocycles. The molecule has 1 aromatic carbocycles. The summed E-state index contributed by atoms with van der Waals surface area (Å²) in [6, 6.07) is 5.27. The van der Waals surface area contributed by atoms with Gasteiger partial charge in [0.05, 0.1) is 11.1 Å². The Morgan fingerprint density at radius 3 is 2.62 bits per heavy atom. The number of hydrogen-bond acceptors (Lipinski definition) is 3. The molecule has 6 heteroatoms. The first-order valence-corrected chi connectivity index (χ1v) is 8.18. The lowest BCUT2D eigenvalue weighted by molar-refractivity contribution is -0.136. The van der Waals surface area contributed by atoms with Gasteiger partial charge in [-0.2, -0.15) is 0 Å². The third-order valence-electron chi connectivity index (χ3n) is 3.29. The van der Waals surface area contributed by atoms with Crippen molar-refractivity contribution in [3.63, 3.8) is 0 Å².